The molecule has 1 saturated heterocycles. The number of carbonyl (C=O) groups excluding carboxylic acids is 2. The molecule has 1 aromatic carbocycles. The van der Waals surface area contributed by atoms with Crippen LogP contribution in [0.15, 0.2) is 24.3 Å². The number of carbonyl (C=O) groups is 2. The van der Waals surface area contributed by atoms with Gasteiger partial charge >= 0.3 is 6.18 Å². The zero-order chi connectivity index (χ0) is 22.3. The van der Waals surface area contributed by atoms with Gasteiger partial charge in [0.2, 0.25) is 17.6 Å². The minimum atomic E-state index is -4.61. The lowest BCUT2D eigenvalue weighted by Gasteiger charge is -2.37. The Balaban J connectivity index is 1.56. The molecule has 2 amide bonds. The Morgan fingerprint density at radius 1 is 1.23 bits per heavy atom. The first-order valence-electron chi connectivity index (χ1n) is 9.94. The van der Waals surface area contributed by atoms with E-state index < -0.39 is 24.1 Å². The van der Waals surface area contributed by atoms with Crippen LogP contribution in [0.1, 0.15) is 43.0 Å². The van der Waals surface area contributed by atoms with E-state index in [0.717, 1.165) is 10.1 Å². The fourth-order valence-electron chi connectivity index (χ4n) is 4.29. The highest BCUT2D eigenvalue weighted by atomic mass is 19.4. The third-order valence-electron chi connectivity index (χ3n) is 5.87. The molecule has 0 radical (unpaired) electrons. The fourth-order valence-corrected chi connectivity index (χ4v) is 4.29. The Labute approximate surface area is 176 Å². The Bertz CT molecular complexity index is 1010. The molecule has 0 spiro atoms. The number of fused-ring (bicyclic) bond motifs is 1. The summed E-state index contributed by atoms with van der Waals surface area (Å²) in [5.74, 6) is -0.789. The van der Waals surface area contributed by atoms with Gasteiger partial charge in [-0.15, -0.1) is 10.2 Å². The molecule has 0 aliphatic carbocycles. The van der Waals surface area contributed by atoms with Crippen LogP contribution in [0.2, 0.25) is 0 Å². The number of hydrogen-bond acceptors (Lipinski definition) is 5. The van der Waals surface area contributed by atoms with Gasteiger partial charge in [-0.05, 0) is 19.4 Å². The predicted octanol–water partition coefficient (Wildman–Crippen LogP) is 2.40. The second kappa shape index (κ2) is 7.86. The van der Waals surface area contributed by atoms with Gasteiger partial charge in [-0.1, -0.05) is 18.2 Å². The summed E-state index contributed by atoms with van der Waals surface area (Å²) in [5.41, 5.74) is 0.777. The summed E-state index contributed by atoms with van der Waals surface area (Å²) in [7, 11) is 1.54. The van der Waals surface area contributed by atoms with E-state index in [1.165, 1.54) is 16.9 Å². The number of ether oxygens (including phenoxy) is 1. The first-order valence-corrected chi connectivity index (χ1v) is 9.94. The maximum absolute atomic E-state index is 13.3. The minimum Gasteiger partial charge on any atom is -0.496 e. The van der Waals surface area contributed by atoms with E-state index in [2.05, 4.69) is 10.2 Å². The number of rotatable bonds is 4. The molecule has 0 N–H and O–H groups in total. The molecule has 0 saturated carbocycles. The van der Waals surface area contributed by atoms with Gasteiger partial charge in [0.1, 0.15) is 11.8 Å². The molecular weight excluding hydrogens is 415 g/mol. The second-order valence-electron chi connectivity index (χ2n) is 7.63. The van der Waals surface area contributed by atoms with Crippen LogP contribution in [0.3, 0.4) is 0 Å². The quantitative estimate of drug-likeness (QED) is 0.734. The number of methoxy groups -OCH3 is 1. The largest absolute Gasteiger partial charge is 0.496 e. The maximum atomic E-state index is 13.3. The number of hydrogen-bond donors (Lipinski definition) is 0. The van der Waals surface area contributed by atoms with E-state index in [9.17, 15) is 22.8 Å². The average Bonchev–Trinajstić information content (AvgIpc) is 3.33. The summed E-state index contributed by atoms with van der Waals surface area (Å²) >= 11 is 0. The number of alkyl halides is 3. The number of para-hydroxylation sites is 1. The molecule has 4 rings (SSSR count). The molecule has 1 aromatic heterocycles. The lowest BCUT2D eigenvalue weighted by molar-refractivity contribution is -0.149. The van der Waals surface area contributed by atoms with Crippen molar-refractivity contribution in [3.8, 4) is 5.75 Å². The van der Waals surface area contributed by atoms with Gasteiger partial charge in [-0.3, -0.25) is 9.59 Å². The van der Waals surface area contributed by atoms with Gasteiger partial charge in [0.25, 0.3) is 0 Å². The van der Waals surface area contributed by atoms with Crippen LogP contribution in [0.5, 0.6) is 5.75 Å². The Kier molecular flexibility index (Phi) is 5.36. The molecule has 2 aliphatic rings. The fraction of sp³-hybridized carbons (Fsp3) is 0.500. The summed E-state index contributed by atoms with van der Waals surface area (Å²) in [6.45, 7) is 1.87. The van der Waals surface area contributed by atoms with E-state index in [-0.39, 0.29) is 43.7 Å². The Hall–Kier alpha value is -3.11. The van der Waals surface area contributed by atoms with Crippen molar-refractivity contribution in [1.82, 2.24) is 24.6 Å². The van der Waals surface area contributed by atoms with Gasteiger partial charge in [0, 0.05) is 25.1 Å². The molecule has 2 aromatic rings. The normalized spacial score (nSPS) is 21.4. The number of amides is 2. The van der Waals surface area contributed by atoms with E-state index in [0.29, 0.717) is 12.2 Å². The monoisotopic (exact) mass is 437 g/mol. The van der Waals surface area contributed by atoms with Crippen LogP contribution in [-0.4, -0.2) is 56.1 Å². The minimum absolute atomic E-state index is 0.0551. The zero-order valence-electron chi connectivity index (χ0n) is 17.1. The number of halogens is 3. The van der Waals surface area contributed by atoms with Crippen molar-refractivity contribution in [2.24, 2.45) is 0 Å². The smallest absolute Gasteiger partial charge is 0.451 e. The molecule has 3 heterocycles. The predicted molar refractivity (Wildman–Crippen MR) is 102 cm³/mol. The zero-order valence-corrected chi connectivity index (χ0v) is 17.1. The summed E-state index contributed by atoms with van der Waals surface area (Å²) in [5, 5.41) is 6.97. The lowest BCUT2D eigenvalue weighted by atomic mass is 10.1. The third-order valence-corrected chi connectivity index (χ3v) is 5.87. The van der Waals surface area contributed by atoms with E-state index in [1.807, 2.05) is 18.2 Å². The van der Waals surface area contributed by atoms with Crippen molar-refractivity contribution in [3.63, 3.8) is 0 Å². The summed E-state index contributed by atoms with van der Waals surface area (Å²) in [6, 6.07) is 5.89. The molecule has 0 bridgehead atoms. The SMILES string of the molecule is COc1ccccc1CN1C(=O)CCC1C(=O)N1CCn2c(nnc2C(F)(F)F)C1C. The molecular formula is C20H22F3N5O3. The first-order chi connectivity index (χ1) is 14.7. The van der Waals surface area contributed by atoms with Gasteiger partial charge < -0.3 is 19.1 Å². The van der Waals surface area contributed by atoms with Crippen molar-refractivity contribution in [1.29, 1.82) is 0 Å². The maximum Gasteiger partial charge on any atom is 0.451 e. The van der Waals surface area contributed by atoms with Gasteiger partial charge in [-0.25, -0.2) is 0 Å². The highest BCUT2D eigenvalue weighted by Gasteiger charge is 2.44. The number of nitrogens with zero attached hydrogens (tertiary/aromatic N) is 5. The molecule has 2 unspecified atom stereocenters. The molecule has 8 nitrogen and oxygen atoms in total. The molecule has 31 heavy (non-hydrogen) atoms. The highest BCUT2D eigenvalue weighted by Crippen LogP contribution is 2.34. The average molecular weight is 437 g/mol. The number of benzene rings is 1. The van der Waals surface area contributed by atoms with Crippen LogP contribution in [0.25, 0.3) is 0 Å². The second-order valence-corrected chi connectivity index (χ2v) is 7.63. The van der Waals surface area contributed by atoms with E-state index in [1.54, 1.807) is 13.0 Å². The standard InChI is InChI=1S/C20H22F3N5O3/c1-12-17-24-25-19(20(21,22)23)27(17)10-9-26(12)18(30)14-7-8-16(29)28(14)11-13-5-3-4-6-15(13)31-2/h3-6,12,14H,7-11H2,1-2H3. The molecule has 166 valence electrons. The molecule has 2 aliphatic heterocycles. The van der Waals surface area contributed by atoms with Gasteiger partial charge in [0.05, 0.1) is 19.7 Å². The van der Waals surface area contributed by atoms with E-state index in [4.69, 9.17) is 4.74 Å². The van der Waals surface area contributed by atoms with Crippen LogP contribution in [0, 0.1) is 0 Å². The van der Waals surface area contributed by atoms with Gasteiger partial charge in [-0.2, -0.15) is 13.2 Å². The van der Waals surface area contributed by atoms with Crippen molar-refractivity contribution < 1.29 is 27.5 Å². The Morgan fingerprint density at radius 3 is 2.68 bits per heavy atom. The van der Waals surface area contributed by atoms with Crippen LogP contribution >= 0.6 is 0 Å². The van der Waals surface area contributed by atoms with Crippen molar-refractivity contribution in [2.75, 3.05) is 13.7 Å². The van der Waals surface area contributed by atoms with Crippen LogP contribution < -0.4 is 4.74 Å². The first kappa shape index (κ1) is 21.1. The number of likely N-dealkylation sites (tertiary alicyclic amines) is 1. The summed E-state index contributed by atoms with van der Waals surface area (Å²) < 4.78 is 45.8. The molecule has 1 fully saturated rings. The Morgan fingerprint density at radius 2 is 1.97 bits per heavy atom. The summed E-state index contributed by atoms with van der Waals surface area (Å²) in [6.07, 6.45) is -4.01. The van der Waals surface area contributed by atoms with Crippen LogP contribution in [0.4, 0.5) is 13.2 Å². The third kappa shape index (κ3) is 3.72. The topological polar surface area (TPSA) is 80.6 Å². The van der Waals surface area contributed by atoms with Crippen molar-refractivity contribution in [3.05, 3.63) is 41.5 Å². The van der Waals surface area contributed by atoms with Crippen molar-refractivity contribution in [2.45, 2.75) is 51.1 Å². The lowest BCUT2D eigenvalue weighted by Crippen LogP contribution is -2.50. The number of aromatic nitrogens is 3. The van der Waals surface area contributed by atoms with Gasteiger partial charge in [0.15, 0.2) is 5.82 Å². The summed E-state index contributed by atoms with van der Waals surface area (Å²) in [4.78, 5) is 28.9. The van der Waals surface area contributed by atoms with Crippen molar-refractivity contribution >= 4 is 11.8 Å². The van der Waals surface area contributed by atoms with E-state index >= 15 is 0 Å². The highest BCUT2D eigenvalue weighted by molar-refractivity contribution is 5.91. The van der Waals surface area contributed by atoms with Crippen LogP contribution in [-0.2, 0) is 28.9 Å². The molecule has 2 atom stereocenters. The molecule has 11 heteroatoms.